The molecule has 12 aromatic rings. The van der Waals surface area contributed by atoms with Crippen molar-refractivity contribution in [2.45, 2.75) is 0 Å². The van der Waals surface area contributed by atoms with Crippen molar-refractivity contribution in [3.63, 3.8) is 0 Å². The van der Waals surface area contributed by atoms with Crippen molar-refractivity contribution in [1.82, 2.24) is 29.9 Å². The second kappa shape index (κ2) is 48.7. The summed E-state index contributed by atoms with van der Waals surface area (Å²) in [5, 5.41) is 70.0. The van der Waals surface area contributed by atoms with Crippen molar-refractivity contribution in [1.29, 1.82) is 0 Å². The first-order valence-corrected chi connectivity index (χ1v) is 29.1. The summed E-state index contributed by atoms with van der Waals surface area (Å²) in [5.74, 6) is -6.58. The molecule has 0 aliphatic heterocycles. The zero-order valence-electron chi connectivity index (χ0n) is 45.9. The molecule has 0 amide bonds. The maximum atomic E-state index is 9.96. The largest absolute Gasteiger partial charge is 3.00 e. The Balaban J connectivity index is 0. The van der Waals surface area contributed by atoms with Crippen molar-refractivity contribution in [2.24, 2.45) is 0 Å². The number of carbonyl (C=O) groups excluding carboxylic acids is 6. The van der Waals surface area contributed by atoms with Crippen LogP contribution in [0.3, 0.4) is 0 Å². The Bertz CT molecular complexity index is 3240. The molecule has 0 spiro atoms. The van der Waals surface area contributed by atoms with Crippen LogP contribution in [0.25, 0.3) is 45.6 Å². The standard InChI is InChI=1S/2C15H11N3.6C5H4O2S.2Eu.4H2O/c2*1-3-10-16-12(6-1)14-8-5-9-15(18-14)13-7-2-4-11-17-13;6*6-5(7)4-2-1-3-8-4;;;;;;/h2*1-11H;6*1-3H,(H,6,7);;;4*1H2/q;;;;;;;;2*+3;;;;/p-6. The minimum Gasteiger partial charge on any atom is -0.544 e. The van der Waals surface area contributed by atoms with Gasteiger partial charge >= 0.3 is 98.8 Å². The molecule has 30 heteroatoms. The van der Waals surface area contributed by atoms with Gasteiger partial charge in [-0.15, -0.1) is 68.0 Å². The quantitative estimate of drug-likeness (QED) is 0.188. The number of nitrogens with zero attached hydrogens (tertiary/aromatic N) is 6. The molecule has 0 aromatic carbocycles. The predicted octanol–water partition coefficient (Wildman–Crippen LogP) is 3.78. The number of pyridine rings is 6. The molecule has 0 fully saturated rings. The van der Waals surface area contributed by atoms with E-state index in [9.17, 15) is 59.4 Å². The third kappa shape index (κ3) is 32.1. The SMILES string of the molecule is O.O.O.O.O=C([O-])c1cccs1.O=C([O-])c1cccs1.O=C([O-])c1cccs1.O=C([O-])c1cccs1.O=C([O-])c1cccs1.O=C([O-])c1cccs1.[Eu+3].[Eu+3].c1ccc(-c2cccc(-c3ccccn3)n2)nc1.c1ccc(-c2cccc(-c3ccccn3)n2)nc1. The summed E-state index contributed by atoms with van der Waals surface area (Å²) in [6.45, 7) is 0. The number of aromatic carboxylic acids is 6. The molecular formula is C60H48Eu2N6O16S6. The first kappa shape index (κ1) is 85.0. The molecule has 464 valence electrons. The van der Waals surface area contributed by atoms with E-state index in [1.54, 1.807) is 93.5 Å². The zero-order chi connectivity index (χ0) is 60.3. The van der Waals surface area contributed by atoms with Gasteiger partial charge in [-0.1, -0.05) is 72.8 Å². The second-order valence-electron chi connectivity index (χ2n) is 15.3. The van der Waals surface area contributed by atoms with E-state index >= 15 is 0 Å². The third-order valence-corrected chi connectivity index (χ3v) is 14.6. The van der Waals surface area contributed by atoms with Gasteiger partial charge < -0.3 is 81.3 Å². The number of carboxylic acids is 6. The molecule has 12 aromatic heterocycles. The summed E-state index contributed by atoms with van der Waals surface area (Å²) >= 11 is 7.01. The van der Waals surface area contributed by atoms with Crippen LogP contribution in [0.5, 0.6) is 0 Å². The Morgan fingerprint density at radius 3 is 0.511 bits per heavy atom. The molecule has 0 saturated carbocycles. The number of hydrogen-bond acceptors (Lipinski definition) is 24. The van der Waals surface area contributed by atoms with Crippen LogP contribution in [0, 0.1) is 98.8 Å². The van der Waals surface area contributed by atoms with Gasteiger partial charge in [0.05, 0.1) is 81.4 Å². The van der Waals surface area contributed by atoms with Crippen LogP contribution < -0.4 is 30.6 Å². The average Bonchev–Trinajstić information content (AvgIpc) is 2.81. The first-order chi connectivity index (χ1) is 40.7. The van der Waals surface area contributed by atoms with E-state index in [1.165, 1.54) is 104 Å². The molecule has 0 bridgehead atoms. The van der Waals surface area contributed by atoms with Gasteiger partial charge in [-0.25, -0.2) is 9.97 Å². The van der Waals surface area contributed by atoms with Crippen molar-refractivity contribution in [3.8, 4) is 45.6 Å². The average molecular weight is 1610 g/mol. The van der Waals surface area contributed by atoms with Crippen molar-refractivity contribution < 1.29 is 180 Å². The second-order valence-corrected chi connectivity index (χ2v) is 21.0. The fourth-order valence-corrected chi connectivity index (χ4v) is 9.21. The monoisotopic (exact) mass is 1610 g/mol. The number of hydrogen-bond donors (Lipinski definition) is 0. The molecule has 0 saturated heterocycles. The van der Waals surface area contributed by atoms with Gasteiger partial charge in [-0.05, 0) is 141 Å². The Kier molecular flexibility index (Phi) is 46.0. The van der Waals surface area contributed by atoms with Crippen LogP contribution in [0.4, 0.5) is 0 Å². The molecule has 0 unspecified atom stereocenters. The number of thiophene rings is 6. The summed E-state index contributed by atoms with van der Waals surface area (Å²) in [5.41, 5.74) is 6.92. The third-order valence-electron chi connectivity index (χ3n) is 9.54. The molecule has 0 aliphatic rings. The van der Waals surface area contributed by atoms with Gasteiger partial charge in [0, 0.05) is 54.1 Å². The van der Waals surface area contributed by atoms with Crippen LogP contribution in [-0.4, -0.2) is 87.6 Å². The smallest absolute Gasteiger partial charge is 0.544 e. The van der Waals surface area contributed by atoms with Crippen molar-refractivity contribution in [3.05, 3.63) is 268 Å². The van der Waals surface area contributed by atoms with Crippen molar-refractivity contribution >= 4 is 104 Å². The zero-order valence-corrected chi connectivity index (χ0v) is 55.6. The van der Waals surface area contributed by atoms with E-state index in [1.807, 2.05) is 109 Å². The molecule has 0 radical (unpaired) electrons. The van der Waals surface area contributed by atoms with Gasteiger partial charge in [0.25, 0.3) is 0 Å². The Labute approximate surface area is 619 Å². The van der Waals surface area contributed by atoms with Crippen molar-refractivity contribution in [2.75, 3.05) is 0 Å². The number of carboxylic acid groups (broad SMARTS) is 6. The number of rotatable bonds is 10. The van der Waals surface area contributed by atoms with Crippen LogP contribution in [0.2, 0.25) is 0 Å². The van der Waals surface area contributed by atoms with E-state index in [-0.39, 0.29) is 150 Å². The van der Waals surface area contributed by atoms with E-state index in [0.29, 0.717) is 0 Å². The Morgan fingerprint density at radius 2 is 0.400 bits per heavy atom. The Morgan fingerprint density at radius 1 is 0.233 bits per heavy atom. The minimum absolute atomic E-state index is 0. The van der Waals surface area contributed by atoms with E-state index in [0.717, 1.165) is 45.6 Å². The Hall–Kier alpha value is -7.07. The first-order valence-electron chi connectivity index (χ1n) is 23.8. The summed E-state index contributed by atoms with van der Waals surface area (Å²) in [6.07, 6.45) is 7.07. The van der Waals surface area contributed by atoms with Gasteiger partial charge in [-0.3, -0.25) is 19.9 Å². The van der Waals surface area contributed by atoms with Crippen LogP contribution >= 0.6 is 68.0 Å². The summed E-state index contributed by atoms with van der Waals surface area (Å²) in [6, 6.07) is 54.1. The molecule has 12 rings (SSSR count). The molecule has 8 N–H and O–H groups in total. The predicted molar refractivity (Wildman–Crippen MR) is 328 cm³/mol. The fourth-order valence-electron chi connectivity index (χ4n) is 5.87. The van der Waals surface area contributed by atoms with Gasteiger partial charge in [0.15, 0.2) is 0 Å². The number of aromatic nitrogens is 6. The van der Waals surface area contributed by atoms with E-state index < -0.39 is 35.8 Å². The summed E-state index contributed by atoms with van der Waals surface area (Å²) in [7, 11) is 0. The van der Waals surface area contributed by atoms with Gasteiger partial charge in [0.1, 0.15) is 0 Å². The van der Waals surface area contributed by atoms with E-state index in [2.05, 4.69) is 29.9 Å². The van der Waals surface area contributed by atoms with E-state index in [4.69, 9.17) is 0 Å². The fraction of sp³-hybridized carbons (Fsp3) is 0. The van der Waals surface area contributed by atoms with Crippen LogP contribution in [-0.2, 0) is 0 Å². The maximum Gasteiger partial charge on any atom is 3.00 e. The molecule has 22 nitrogen and oxygen atoms in total. The molecular weight excluding hydrogens is 1560 g/mol. The topological polar surface area (TPSA) is 444 Å². The molecule has 12 heterocycles. The van der Waals surface area contributed by atoms with Gasteiger partial charge in [-0.2, -0.15) is 0 Å². The minimum atomic E-state index is -1.10. The number of carbonyl (C=O) groups is 6. The molecule has 0 aliphatic carbocycles. The molecule has 0 atom stereocenters. The normalized spacial score (nSPS) is 8.89. The van der Waals surface area contributed by atoms with Crippen LogP contribution in [0.15, 0.2) is 239 Å². The summed E-state index contributed by atoms with van der Waals surface area (Å²) in [4.78, 5) is 87.8. The molecule has 90 heavy (non-hydrogen) atoms. The van der Waals surface area contributed by atoms with Gasteiger partial charge in [0.2, 0.25) is 0 Å². The summed E-state index contributed by atoms with van der Waals surface area (Å²) < 4.78 is 0. The maximum absolute atomic E-state index is 9.96. The van der Waals surface area contributed by atoms with Crippen LogP contribution in [0.1, 0.15) is 58.0 Å².